The topological polar surface area (TPSA) is 87.0 Å². The Morgan fingerprint density at radius 1 is 0.971 bits per heavy atom. The van der Waals surface area contributed by atoms with Gasteiger partial charge in [-0.3, -0.25) is 4.98 Å². The largest absolute Gasteiger partial charge is 0.508 e. The Morgan fingerprint density at radius 2 is 1.74 bits per heavy atom. The lowest BCUT2D eigenvalue weighted by molar-refractivity contribution is 0.199. The molecule has 1 aliphatic heterocycles. The number of benzene rings is 3. The molecular formula is C28H24N4O3. The summed E-state index contributed by atoms with van der Waals surface area (Å²) >= 11 is 0. The number of carbonyl (C=O) groups is 1. The molecule has 2 amide bonds. The fraction of sp³-hybridized carbons (Fsp3) is 0.107. The average molecular weight is 465 g/mol. The van der Waals surface area contributed by atoms with Gasteiger partial charge in [0.25, 0.3) is 0 Å². The average Bonchev–Trinajstić information content (AvgIpc) is 3.35. The van der Waals surface area contributed by atoms with Crippen molar-refractivity contribution in [2.75, 3.05) is 5.32 Å². The molecule has 0 bridgehead atoms. The van der Waals surface area contributed by atoms with Gasteiger partial charge in [-0.05, 0) is 42.0 Å². The van der Waals surface area contributed by atoms with E-state index in [4.69, 9.17) is 4.74 Å². The fourth-order valence-electron chi connectivity index (χ4n) is 3.97. The Hall–Kier alpha value is -4.65. The van der Waals surface area contributed by atoms with Gasteiger partial charge in [-0.1, -0.05) is 54.6 Å². The molecule has 0 fully saturated rings. The van der Waals surface area contributed by atoms with E-state index in [0.29, 0.717) is 30.0 Å². The fourth-order valence-corrected chi connectivity index (χ4v) is 3.97. The summed E-state index contributed by atoms with van der Waals surface area (Å²) in [5.74, 6) is 0.829. The molecular weight excluding hydrogens is 440 g/mol. The van der Waals surface area contributed by atoms with Crippen LogP contribution in [0.5, 0.6) is 11.5 Å². The van der Waals surface area contributed by atoms with Crippen molar-refractivity contribution < 1.29 is 14.6 Å². The molecule has 3 aromatic carbocycles. The monoisotopic (exact) mass is 464 g/mol. The van der Waals surface area contributed by atoms with Gasteiger partial charge >= 0.3 is 6.03 Å². The van der Waals surface area contributed by atoms with Crippen molar-refractivity contribution in [1.82, 2.24) is 9.99 Å². The number of hydrazone groups is 1. The number of carbonyl (C=O) groups excluding carboxylic acids is 1. The number of urea groups is 1. The third kappa shape index (κ3) is 5.14. The van der Waals surface area contributed by atoms with Crippen molar-refractivity contribution in [3.8, 4) is 11.5 Å². The summed E-state index contributed by atoms with van der Waals surface area (Å²) in [7, 11) is 0. The van der Waals surface area contributed by atoms with Gasteiger partial charge in [0.05, 0.1) is 11.8 Å². The number of pyridine rings is 1. The lowest BCUT2D eigenvalue weighted by Crippen LogP contribution is -2.31. The number of nitrogens with zero attached hydrogens (tertiary/aromatic N) is 3. The van der Waals surface area contributed by atoms with Crippen molar-refractivity contribution in [3.63, 3.8) is 0 Å². The van der Waals surface area contributed by atoms with E-state index in [-0.39, 0.29) is 5.75 Å². The number of phenols is 1. The molecule has 1 aliphatic rings. The number of amides is 2. The quantitative estimate of drug-likeness (QED) is 0.380. The first-order valence-corrected chi connectivity index (χ1v) is 11.3. The molecule has 5 rings (SSSR count). The van der Waals surface area contributed by atoms with Crippen molar-refractivity contribution in [1.29, 1.82) is 0 Å². The van der Waals surface area contributed by atoms with Gasteiger partial charge in [0, 0.05) is 35.6 Å². The molecule has 4 aromatic rings. The third-order valence-electron chi connectivity index (χ3n) is 5.76. The molecule has 7 heteroatoms. The van der Waals surface area contributed by atoms with Crippen LogP contribution in [0, 0.1) is 0 Å². The van der Waals surface area contributed by atoms with Crippen LogP contribution in [-0.2, 0) is 6.61 Å². The Bertz CT molecular complexity index is 1330. The maximum atomic E-state index is 13.3. The van der Waals surface area contributed by atoms with Gasteiger partial charge in [-0.25, -0.2) is 9.80 Å². The predicted octanol–water partition coefficient (Wildman–Crippen LogP) is 5.75. The van der Waals surface area contributed by atoms with E-state index in [0.717, 1.165) is 16.8 Å². The van der Waals surface area contributed by atoms with E-state index in [1.54, 1.807) is 42.7 Å². The van der Waals surface area contributed by atoms with E-state index >= 15 is 0 Å². The number of hydrogen-bond donors (Lipinski definition) is 2. The summed E-state index contributed by atoms with van der Waals surface area (Å²) in [5, 5.41) is 19.3. The molecule has 2 heterocycles. The van der Waals surface area contributed by atoms with Crippen LogP contribution in [0.1, 0.15) is 29.2 Å². The van der Waals surface area contributed by atoms with Gasteiger partial charge < -0.3 is 15.2 Å². The van der Waals surface area contributed by atoms with Gasteiger partial charge in [-0.15, -0.1) is 0 Å². The Morgan fingerprint density at radius 3 is 2.49 bits per heavy atom. The molecule has 7 nitrogen and oxygen atoms in total. The summed E-state index contributed by atoms with van der Waals surface area (Å²) in [5.41, 5.74) is 3.89. The van der Waals surface area contributed by atoms with Crippen LogP contribution >= 0.6 is 0 Å². The van der Waals surface area contributed by atoms with E-state index in [2.05, 4.69) is 15.4 Å². The Kier molecular flexibility index (Phi) is 6.39. The number of para-hydroxylation sites is 1. The van der Waals surface area contributed by atoms with Crippen LogP contribution in [0.3, 0.4) is 0 Å². The maximum absolute atomic E-state index is 13.3. The van der Waals surface area contributed by atoms with Crippen molar-refractivity contribution in [2.45, 2.75) is 19.1 Å². The SMILES string of the molecule is O=C(Nc1ccc(OCc2ccccc2)cc1)N1N=C(c2cccnc2)CC1c1ccccc1O. The minimum absolute atomic E-state index is 0.123. The van der Waals surface area contributed by atoms with Crippen molar-refractivity contribution in [2.24, 2.45) is 5.10 Å². The second kappa shape index (κ2) is 10.1. The highest BCUT2D eigenvalue weighted by Gasteiger charge is 2.34. The molecule has 0 spiro atoms. The molecule has 35 heavy (non-hydrogen) atoms. The van der Waals surface area contributed by atoms with Crippen LogP contribution in [0.2, 0.25) is 0 Å². The minimum atomic E-state index is -0.445. The number of rotatable bonds is 6. The normalized spacial score (nSPS) is 14.9. The van der Waals surface area contributed by atoms with E-state index < -0.39 is 12.1 Å². The standard InChI is InChI=1S/C28H24N4O3/c33-27-11-5-4-10-24(27)26-17-25(21-9-6-16-29-18-21)31-32(26)28(34)30-22-12-14-23(15-13-22)35-19-20-7-2-1-3-8-20/h1-16,18,26,33H,17,19H2,(H,30,34). The minimum Gasteiger partial charge on any atom is -0.508 e. The van der Waals surface area contributed by atoms with Crippen LogP contribution in [0.4, 0.5) is 10.5 Å². The van der Waals surface area contributed by atoms with Crippen LogP contribution in [-0.4, -0.2) is 26.8 Å². The number of ether oxygens (including phenoxy) is 1. The summed E-state index contributed by atoms with van der Waals surface area (Å²) in [6, 6.07) is 27.0. The van der Waals surface area contributed by atoms with Crippen molar-refractivity contribution >= 4 is 17.4 Å². The lowest BCUT2D eigenvalue weighted by atomic mass is 9.98. The Labute approximate surface area is 203 Å². The highest BCUT2D eigenvalue weighted by Crippen LogP contribution is 2.37. The summed E-state index contributed by atoms with van der Waals surface area (Å²) in [6.45, 7) is 0.467. The number of hydrogen-bond acceptors (Lipinski definition) is 5. The van der Waals surface area contributed by atoms with E-state index in [1.165, 1.54) is 5.01 Å². The highest BCUT2D eigenvalue weighted by atomic mass is 16.5. The van der Waals surface area contributed by atoms with Gasteiger partial charge in [-0.2, -0.15) is 5.10 Å². The summed E-state index contributed by atoms with van der Waals surface area (Å²) in [6.07, 6.45) is 3.87. The molecule has 2 N–H and O–H groups in total. The maximum Gasteiger partial charge on any atom is 0.342 e. The molecule has 1 unspecified atom stereocenters. The second-order valence-electron chi connectivity index (χ2n) is 8.14. The van der Waals surface area contributed by atoms with Crippen LogP contribution in [0.15, 0.2) is 108 Å². The van der Waals surface area contributed by atoms with Crippen LogP contribution in [0.25, 0.3) is 0 Å². The molecule has 0 radical (unpaired) electrons. The first-order chi connectivity index (χ1) is 17.2. The second-order valence-corrected chi connectivity index (χ2v) is 8.14. The van der Waals surface area contributed by atoms with Gasteiger partial charge in [0.1, 0.15) is 18.1 Å². The molecule has 174 valence electrons. The van der Waals surface area contributed by atoms with E-state index in [1.807, 2.05) is 60.7 Å². The molecule has 0 aliphatic carbocycles. The zero-order valence-electron chi connectivity index (χ0n) is 18.9. The van der Waals surface area contributed by atoms with Gasteiger partial charge in [0.2, 0.25) is 0 Å². The number of nitrogens with one attached hydrogen (secondary N) is 1. The number of phenolic OH excluding ortho intramolecular Hbond substituents is 1. The molecule has 1 aromatic heterocycles. The molecule has 0 saturated carbocycles. The summed E-state index contributed by atoms with van der Waals surface area (Å²) in [4.78, 5) is 17.4. The van der Waals surface area contributed by atoms with Crippen LogP contribution < -0.4 is 10.1 Å². The number of aromatic hydroxyl groups is 1. The highest BCUT2D eigenvalue weighted by molar-refractivity contribution is 6.04. The molecule has 0 saturated heterocycles. The first kappa shape index (κ1) is 22.2. The Balaban J connectivity index is 1.32. The van der Waals surface area contributed by atoms with E-state index in [9.17, 15) is 9.90 Å². The first-order valence-electron chi connectivity index (χ1n) is 11.3. The zero-order chi connectivity index (χ0) is 24.0. The van der Waals surface area contributed by atoms with Gasteiger partial charge in [0.15, 0.2) is 0 Å². The number of anilines is 1. The third-order valence-corrected chi connectivity index (χ3v) is 5.76. The smallest absolute Gasteiger partial charge is 0.342 e. The molecule has 1 atom stereocenters. The van der Waals surface area contributed by atoms with Crippen molar-refractivity contribution in [3.05, 3.63) is 120 Å². The zero-order valence-corrected chi connectivity index (χ0v) is 18.9. The predicted molar refractivity (Wildman–Crippen MR) is 134 cm³/mol. The summed E-state index contributed by atoms with van der Waals surface area (Å²) < 4.78 is 5.82. The lowest BCUT2D eigenvalue weighted by Gasteiger charge is -2.23. The number of aromatic nitrogens is 1.